The zero-order valence-corrected chi connectivity index (χ0v) is 10.1. The molecule has 5 N–H and O–H groups in total. The molecule has 92 valence electrons. The minimum Gasteiger partial charge on any atom is -0.388 e. The Labute approximate surface area is 101 Å². The van der Waals surface area contributed by atoms with Crippen LogP contribution >= 0.6 is 0 Å². The summed E-state index contributed by atoms with van der Waals surface area (Å²) in [5.41, 5.74) is 7.13. The molecule has 0 bridgehead atoms. The van der Waals surface area contributed by atoms with Crippen molar-refractivity contribution >= 4 is 17.6 Å². The summed E-state index contributed by atoms with van der Waals surface area (Å²) in [6, 6.07) is 7.08. The molecule has 0 aliphatic rings. The van der Waals surface area contributed by atoms with E-state index >= 15 is 0 Å². The molecule has 0 radical (unpaired) electrons. The lowest BCUT2D eigenvalue weighted by Crippen LogP contribution is -2.38. The molecule has 0 aromatic heterocycles. The molecule has 1 rings (SSSR count). The maximum absolute atomic E-state index is 11.6. The van der Waals surface area contributed by atoms with Crippen LogP contribution in [0.4, 0.5) is 10.5 Å². The number of amidine groups is 1. The summed E-state index contributed by atoms with van der Waals surface area (Å²) in [5.74, 6) is 0.0631. The van der Waals surface area contributed by atoms with E-state index < -0.39 is 0 Å². The van der Waals surface area contributed by atoms with Gasteiger partial charge in [-0.1, -0.05) is 17.7 Å². The third kappa shape index (κ3) is 5.01. The Balaban J connectivity index is 2.44. The highest BCUT2D eigenvalue weighted by Crippen LogP contribution is 2.08. The molecule has 0 saturated carbocycles. The van der Waals surface area contributed by atoms with Crippen LogP contribution in [0, 0.1) is 12.3 Å². The molecule has 5 heteroatoms. The first-order valence-electron chi connectivity index (χ1n) is 5.44. The smallest absolute Gasteiger partial charge is 0.319 e. The molecule has 0 fully saturated rings. The molecule has 0 saturated heterocycles. The van der Waals surface area contributed by atoms with Gasteiger partial charge in [0.2, 0.25) is 0 Å². The van der Waals surface area contributed by atoms with Crippen LogP contribution < -0.4 is 16.4 Å². The SMILES string of the molecule is Cc1ccc(NC(=O)NC(C)CC(=N)N)cc1. The van der Waals surface area contributed by atoms with E-state index in [0.717, 1.165) is 11.3 Å². The van der Waals surface area contributed by atoms with Gasteiger partial charge in [-0.2, -0.15) is 0 Å². The molecule has 2 amide bonds. The van der Waals surface area contributed by atoms with Gasteiger partial charge in [0.1, 0.15) is 0 Å². The summed E-state index contributed by atoms with van der Waals surface area (Å²) < 4.78 is 0. The quantitative estimate of drug-likeness (QED) is 0.473. The van der Waals surface area contributed by atoms with Gasteiger partial charge in [-0.05, 0) is 26.0 Å². The maximum Gasteiger partial charge on any atom is 0.319 e. The molecular weight excluding hydrogens is 216 g/mol. The Morgan fingerprint density at radius 2 is 2.00 bits per heavy atom. The Morgan fingerprint density at radius 1 is 1.41 bits per heavy atom. The predicted molar refractivity (Wildman–Crippen MR) is 69.3 cm³/mol. The van der Waals surface area contributed by atoms with Crippen molar-refractivity contribution in [1.82, 2.24) is 5.32 Å². The topological polar surface area (TPSA) is 91.0 Å². The summed E-state index contributed by atoms with van der Waals surface area (Å²) in [6.07, 6.45) is 0.349. The fourth-order valence-electron chi connectivity index (χ4n) is 1.41. The van der Waals surface area contributed by atoms with Crippen LogP contribution in [0.15, 0.2) is 24.3 Å². The van der Waals surface area contributed by atoms with Gasteiger partial charge in [0.25, 0.3) is 0 Å². The van der Waals surface area contributed by atoms with Crippen molar-refractivity contribution in [3.05, 3.63) is 29.8 Å². The Hall–Kier alpha value is -2.04. The Bertz CT molecular complexity index is 399. The highest BCUT2D eigenvalue weighted by atomic mass is 16.2. The number of urea groups is 1. The lowest BCUT2D eigenvalue weighted by atomic mass is 10.2. The first-order valence-corrected chi connectivity index (χ1v) is 5.44. The third-order valence-corrected chi connectivity index (χ3v) is 2.21. The van der Waals surface area contributed by atoms with Crippen LogP contribution in [0.5, 0.6) is 0 Å². The molecule has 0 aliphatic carbocycles. The fraction of sp³-hybridized carbons (Fsp3) is 0.333. The number of rotatable bonds is 4. The van der Waals surface area contributed by atoms with Gasteiger partial charge in [0.15, 0.2) is 0 Å². The number of nitrogens with one attached hydrogen (secondary N) is 3. The minimum atomic E-state index is -0.289. The Morgan fingerprint density at radius 3 is 2.53 bits per heavy atom. The van der Waals surface area contributed by atoms with E-state index in [1.54, 1.807) is 6.92 Å². The van der Waals surface area contributed by atoms with Crippen molar-refractivity contribution in [3.63, 3.8) is 0 Å². The van der Waals surface area contributed by atoms with Gasteiger partial charge >= 0.3 is 6.03 Å². The molecule has 0 heterocycles. The maximum atomic E-state index is 11.6. The second-order valence-corrected chi connectivity index (χ2v) is 4.09. The average Bonchev–Trinajstić information content (AvgIpc) is 2.19. The summed E-state index contributed by atoms with van der Waals surface area (Å²) >= 11 is 0. The summed E-state index contributed by atoms with van der Waals surface area (Å²) in [5, 5.41) is 12.5. The molecule has 1 aromatic carbocycles. The van der Waals surface area contributed by atoms with Crippen molar-refractivity contribution in [3.8, 4) is 0 Å². The number of carbonyl (C=O) groups excluding carboxylic acids is 1. The average molecular weight is 234 g/mol. The number of carbonyl (C=O) groups is 1. The zero-order chi connectivity index (χ0) is 12.8. The molecular formula is C12H18N4O. The third-order valence-electron chi connectivity index (χ3n) is 2.21. The lowest BCUT2D eigenvalue weighted by Gasteiger charge is -2.13. The van der Waals surface area contributed by atoms with Crippen molar-refractivity contribution < 1.29 is 4.79 Å². The lowest BCUT2D eigenvalue weighted by molar-refractivity contribution is 0.249. The molecule has 1 unspecified atom stereocenters. The molecule has 1 atom stereocenters. The number of anilines is 1. The number of benzene rings is 1. The van der Waals surface area contributed by atoms with E-state index in [1.807, 2.05) is 31.2 Å². The number of amides is 2. The summed E-state index contributed by atoms with van der Waals surface area (Å²) in [4.78, 5) is 11.6. The first-order chi connectivity index (χ1) is 7.97. The fourth-order valence-corrected chi connectivity index (χ4v) is 1.41. The predicted octanol–water partition coefficient (Wildman–Crippen LogP) is 1.83. The van der Waals surface area contributed by atoms with Gasteiger partial charge < -0.3 is 16.4 Å². The summed E-state index contributed by atoms with van der Waals surface area (Å²) in [6.45, 7) is 3.79. The standard InChI is InChI=1S/C12H18N4O/c1-8-3-5-10(6-4-8)16-12(17)15-9(2)7-11(13)14/h3-6,9H,7H2,1-2H3,(H3,13,14)(H2,15,16,17). The first kappa shape index (κ1) is 13.0. The monoisotopic (exact) mass is 234 g/mol. The molecule has 0 aliphatic heterocycles. The van der Waals surface area contributed by atoms with Crippen molar-refractivity contribution in [2.75, 3.05) is 5.32 Å². The van der Waals surface area contributed by atoms with E-state index in [2.05, 4.69) is 10.6 Å². The molecule has 1 aromatic rings. The van der Waals surface area contributed by atoms with E-state index in [4.69, 9.17) is 11.1 Å². The second-order valence-electron chi connectivity index (χ2n) is 4.09. The van der Waals surface area contributed by atoms with E-state index in [0.29, 0.717) is 6.42 Å². The largest absolute Gasteiger partial charge is 0.388 e. The highest BCUT2D eigenvalue weighted by molar-refractivity contribution is 5.89. The van der Waals surface area contributed by atoms with Crippen molar-refractivity contribution in [1.29, 1.82) is 5.41 Å². The summed E-state index contributed by atoms with van der Waals surface area (Å²) in [7, 11) is 0. The molecule has 17 heavy (non-hydrogen) atoms. The van der Waals surface area contributed by atoms with Gasteiger partial charge in [-0.25, -0.2) is 4.79 Å². The van der Waals surface area contributed by atoms with Gasteiger partial charge in [0.05, 0.1) is 5.84 Å². The van der Waals surface area contributed by atoms with Gasteiger partial charge in [0, 0.05) is 18.2 Å². The van der Waals surface area contributed by atoms with Crippen LogP contribution in [-0.4, -0.2) is 17.9 Å². The van der Waals surface area contributed by atoms with Crippen molar-refractivity contribution in [2.24, 2.45) is 5.73 Å². The normalized spacial score (nSPS) is 11.6. The van der Waals surface area contributed by atoms with Crippen molar-refractivity contribution in [2.45, 2.75) is 26.3 Å². The minimum absolute atomic E-state index is 0.0631. The second kappa shape index (κ2) is 5.89. The van der Waals surface area contributed by atoms with Crippen LogP contribution in [0.2, 0.25) is 0 Å². The van der Waals surface area contributed by atoms with E-state index in [-0.39, 0.29) is 17.9 Å². The van der Waals surface area contributed by atoms with Crippen LogP contribution in [0.25, 0.3) is 0 Å². The molecule has 5 nitrogen and oxygen atoms in total. The number of hydrogen-bond donors (Lipinski definition) is 4. The van der Waals surface area contributed by atoms with Gasteiger partial charge in [-0.15, -0.1) is 0 Å². The Kier molecular flexibility index (Phi) is 4.51. The van der Waals surface area contributed by atoms with Crippen LogP contribution in [0.1, 0.15) is 18.9 Å². The van der Waals surface area contributed by atoms with E-state index in [9.17, 15) is 4.79 Å². The van der Waals surface area contributed by atoms with E-state index in [1.165, 1.54) is 0 Å². The van der Waals surface area contributed by atoms with Crippen LogP contribution in [0.3, 0.4) is 0 Å². The number of aryl methyl sites for hydroxylation is 1. The van der Waals surface area contributed by atoms with Crippen LogP contribution in [-0.2, 0) is 0 Å². The highest BCUT2D eigenvalue weighted by Gasteiger charge is 2.08. The molecule has 0 spiro atoms. The van der Waals surface area contributed by atoms with Gasteiger partial charge in [-0.3, -0.25) is 5.41 Å². The number of hydrogen-bond acceptors (Lipinski definition) is 2. The number of nitrogens with two attached hydrogens (primary N) is 1. The zero-order valence-electron chi connectivity index (χ0n) is 10.1.